The number of urea groups is 1. The summed E-state index contributed by atoms with van der Waals surface area (Å²) in [6.07, 6.45) is 3.32. The molecule has 1 aliphatic carbocycles. The van der Waals surface area contributed by atoms with E-state index in [2.05, 4.69) is 5.32 Å². The van der Waals surface area contributed by atoms with E-state index in [0.29, 0.717) is 12.0 Å². The molecule has 152 valence electrons. The molecule has 0 bridgehead atoms. The molecule has 2 atom stereocenters. The molecule has 0 radical (unpaired) electrons. The second-order valence-corrected chi connectivity index (χ2v) is 7.87. The first-order valence-corrected chi connectivity index (χ1v) is 9.63. The van der Waals surface area contributed by atoms with Gasteiger partial charge in [-0.3, -0.25) is 19.3 Å². The predicted molar refractivity (Wildman–Crippen MR) is 101 cm³/mol. The van der Waals surface area contributed by atoms with Crippen molar-refractivity contribution in [2.45, 2.75) is 52.0 Å². The molecule has 3 amide bonds. The molecule has 1 N–H and O–H groups in total. The van der Waals surface area contributed by atoms with E-state index >= 15 is 0 Å². The molecular formula is C20H27N3O5. The number of hydrogen-bond donors (Lipinski definition) is 1. The van der Waals surface area contributed by atoms with Crippen molar-refractivity contribution in [2.24, 2.45) is 13.0 Å². The molecule has 1 aromatic heterocycles. The number of ketones is 1. The van der Waals surface area contributed by atoms with Gasteiger partial charge in [0.05, 0.1) is 0 Å². The van der Waals surface area contributed by atoms with Crippen LogP contribution in [0.5, 0.6) is 0 Å². The van der Waals surface area contributed by atoms with Gasteiger partial charge in [-0.25, -0.2) is 4.79 Å². The standard InChI is InChI=1S/C20H27N3O5/c1-12-7-5-6-8-20(12)18(26)23(19(27)21-20)10-17(25)28-11-16(24)15-9-13(2)22(4)14(15)3/h9,12H,5-8,10-11H2,1-4H3,(H,21,27)/t12-,20+/m0/s1. The number of nitrogens with one attached hydrogen (secondary N) is 1. The zero-order valence-electron chi connectivity index (χ0n) is 16.8. The summed E-state index contributed by atoms with van der Waals surface area (Å²) in [5.74, 6) is -1.45. The van der Waals surface area contributed by atoms with Gasteiger partial charge in [0.2, 0.25) is 5.78 Å². The highest BCUT2D eigenvalue weighted by Gasteiger charge is 2.55. The summed E-state index contributed by atoms with van der Waals surface area (Å²) < 4.78 is 6.93. The van der Waals surface area contributed by atoms with Crippen molar-refractivity contribution in [1.29, 1.82) is 0 Å². The first-order chi connectivity index (χ1) is 13.2. The van der Waals surface area contributed by atoms with Gasteiger partial charge in [-0.15, -0.1) is 0 Å². The average Bonchev–Trinajstić information content (AvgIpc) is 3.05. The van der Waals surface area contributed by atoms with Crippen LogP contribution in [0.1, 0.15) is 54.4 Å². The van der Waals surface area contributed by atoms with Gasteiger partial charge >= 0.3 is 12.0 Å². The summed E-state index contributed by atoms with van der Waals surface area (Å²) in [5.41, 5.74) is 1.31. The normalized spacial score (nSPS) is 24.6. The Morgan fingerprint density at radius 1 is 1.29 bits per heavy atom. The molecule has 2 aliphatic rings. The van der Waals surface area contributed by atoms with Crippen LogP contribution < -0.4 is 5.32 Å². The van der Waals surface area contributed by atoms with Gasteiger partial charge in [0.25, 0.3) is 5.91 Å². The van der Waals surface area contributed by atoms with Crippen LogP contribution >= 0.6 is 0 Å². The van der Waals surface area contributed by atoms with Crippen LogP contribution in [0.2, 0.25) is 0 Å². The topological polar surface area (TPSA) is 97.7 Å². The van der Waals surface area contributed by atoms with E-state index < -0.39 is 30.7 Å². The Labute approximate surface area is 164 Å². The summed E-state index contributed by atoms with van der Waals surface area (Å²) in [5, 5.41) is 2.79. The van der Waals surface area contributed by atoms with Gasteiger partial charge in [-0.1, -0.05) is 19.8 Å². The first kappa shape index (κ1) is 20.1. The smallest absolute Gasteiger partial charge is 0.326 e. The third-order valence-corrected chi connectivity index (χ3v) is 6.23. The summed E-state index contributed by atoms with van der Waals surface area (Å²) in [4.78, 5) is 50.6. The monoisotopic (exact) mass is 389 g/mol. The van der Waals surface area contributed by atoms with Crippen molar-refractivity contribution in [1.82, 2.24) is 14.8 Å². The molecule has 1 aromatic rings. The number of rotatable bonds is 5. The molecule has 8 heteroatoms. The highest BCUT2D eigenvalue weighted by molar-refractivity contribution is 6.09. The van der Waals surface area contributed by atoms with Crippen LogP contribution in [-0.2, 0) is 21.4 Å². The van der Waals surface area contributed by atoms with Crippen LogP contribution in [0.15, 0.2) is 6.07 Å². The lowest BCUT2D eigenvalue weighted by atomic mass is 9.73. The number of aryl methyl sites for hydroxylation is 1. The fraction of sp³-hybridized carbons (Fsp3) is 0.600. The lowest BCUT2D eigenvalue weighted by Gasteiger charge is -2.36. The Hall–Kier alpha value is -2.64. The minimum Gasteiger partial charge on any atom is -0.456 e. The van der Waals surface area contributed by atoms with Crippen LogP contribution in [0, 0.1) is 19.8 Å². The largest absolute Gasteiger partial charge is 0.456 e. The van der Waals surface area contributed by atoms with Gasteiger partial charge in [-0.05, 0) is 38.7 Å². The second kappa shape index (κ2) is 7.41. The fourth-order valence-corrected chi connectivity index (χ4v) is 4.18. The molecule has 1 saturated carbocycles. The van der Waals surface area contributed by atoms with E-state index in [1.165, 1.54) is 0 Å². The summed E-state index contributed by atoms with van der Waals surface area (Å²) in [6.45, 7) is 4.74. The molecule has 2 heterocycles. The average molecular weight is 389 g/mol. The summed E-state index contributed by atoms with van der Waals surface area (Å²) in [6, 6.07) is 1.17. The third kappa shape index (κ3) is 3.31. The number of imide groups is 1. The Morgan fingerprint density at radius 3 is 2.61 bits per heavy atom. The van der Waals surface area contributed by atoms with Gasteiger partial charge in [0.15, 0.2) is 6.61 Å². The molecule has 1 saturated heterocycles. The molecule has 0 unspecified atom stereocenters. The molecule has 8 nitrogen and oxygen atoms in total. The van der Waals surface area contributed by atoms with Gasteiger partial charge < -0.3 is 14.6 Å². The molecule has 2 fully saturated rings. The quantitative estimate of drug-likeness (QED) is 0.471. The Balaban J connectivity index is 1.60. The van der Waals surface area contributed by atoms with Crippen LogP contribution in [-0.4, -0.2) is 51.8 Å². The van der Waals surface area contributed by atoms with Crippen molar-refractivity contribution in [2.75, 3.05) is 13.2 Å². The highest BCUT2D eigenvalue weighted by atomic mass is 16.5. The maximum Gasteiger partial charge on any atom is 0.326 e. The summed E-state index contributed by atoms with van der Waals surface area (Å²) >= 11 is 0. The minimum atomic E-state index is -0.913. The van der Waals surface area contributed by atoms with E-state index in [9.17, 15) is 19.2 Å². The minimum absolute atomic E-state index is 0.0181. The number of amides is 3. The maximum absolute atomic E-state index is 12.8. The van der Waals surface area contributed by atoms with Crippen LogP contribution in [0.4, 0.5) is 4.79 Å². The van der Waals surface area contributed by atoms with Gasteiger partial charge in [0.1, 0.15) is 12.1 Å². The molecular weight excluding hydrogens is 362 g/mol. The van der Waals surface area contributed by atoms with E-state index in [1.54, 1.807) is 6.07 Å². The molecule has 3 rings (SSSR count). The van der Waals surface area contributed by atoms with Crippen LogP contribution in [0.25, 0.3) is 0 Å². The zero-order valence-corrected chi connectivity index (χ0v) is 16.8. The summed E-state index contributed by atoms with van der Waals surface area (Å²) in [7, 11) is 1.85. The number of ether oxygens (including phenoxy) is 1. The Morgan fingerprint density at radius 2 is 2.00 bits per heavy atom. The van der Waals surface area contributed by atoms with Gasteiger partial charge in [0, 0.05) is 24.0 Å². The van der Waals surface area contributed by atoms with E-state index in [4.69, 9.17) is 4.74 Å². The number of Topliss-reactive ketones (excluding diaryl/α,β-unsaturated/α-hetero) is 1. The number of aromatic nitrogens is 1. The SMILES string of the molecule is Cc1cc(C(=O)COC(=O)CN2C(=O)N[C@@]3(CCCC[C@@H]3C)C2=O)c(C)n1C. The third-order valence-electron chi connectivity index (χ3n) is 6.23. The van der Waals surface area contributed by atoms with Crippen molar-refractivity contribution >= 4 is 23.7 Å². The molecule has 0 aromatic carbocycles. The zero-order chi connectivity index (χ0) is 20.6. The number of nitrogens with zero attached hydrogens (tertiary/aromatic N) is 2. The number of carbonyl (C=O) groups excluding carboxylic acids is 4. The van der Waals surface area contributed by atoms with Crippen molar-refractivity contribution in [3.63, 3.8) is 0 Å². The lowest BCUT2D eigenvalue weighted by Crippen LogP contribution is -2.54. The van der Waals surface area contributed by atoms with Crippen molar-refractivity contribution in [3.8, 4) is 0 Å². The Kier molecular flexibility index (Phi) is 5.32. The highest BCUT2D eigenvalue weighted by Crippen LogP contribution is 2.38. The maximum atomic E-state index is 12.8. The second-order valence-electron chi connectivity index (χ2n) is 7.87. The molecule has 1 spiro atoms. The van der Waals surface area contributed by atoms with E-state index in [0.717, 1.165) is 35.6 Å². The number of carbonyl (C=O) groups is 4. The lowest BCUT2D eigenvalue weighted by molar-refractivity contribution is -0.147. The van der Waals surface area contributed by atoms with Crippen molar-refractivity contribution in [3.05, 3.63) is 23.0 Å². The Bertz CT molecular complexity index is 843. The number of hydrogen-bond acceptors (Lipinski definition) is 5. The fourth-order valence-electron chi connectivity index (χ4n) is 4.18. The molecule has 28 heavy (non-hydrogen) atoms. The predicted octanol–water partition coefficient (Wildman–Crippen LogP) is 1.87. The molecule has 1 aliphatic heterocycles. The van der Waals surface area contributed by atoms with Crippen LogP contribution in [0.3, 0.4) is 0 Å². The van der Waals surface area contributed by atoms with E-state index in [1.807, 2.05) is 32.4 Å². The van der Waals surface area contributed by atoms with E-state index in [-0.39, 0.29) is 17.6 Å². The van der Waals surface area contributed by atoms with Gasteiger partial charge in [-0.2, -0.15) is 0 Å². The first-order valence-electron chi connectivity index (χ1n) is 9.63. The van der Waals surface area contributed by atoms with Crippen molar-refractivity contribution < 1.29 is 23.9 Å². The number of esters is 1.